The normalized spacial score (nSPS) is 10.8. The number of non-ortho nitro benzene ring substituents is 1. The Hall–Kier alpha value is -4.05. The number of thiophene rings is 1. The maximum absolute atomic E-state index is 12.5. The highest BCUT2D eigenvalue weighted by atomic mass is 32.1. The van der Waals surface area contributed by atoms with E-state index in [2.05, 4.69) is 10.4 Å². The van der Waals surface area contributed by atoms with Crippen LogP contribution in [0.3, 0.4) is 0 Å². The number of aryl methyl sites for hydroxylation is 2. The molecule has 4 rings (SSSR count). The zero-order chi connectivity index (χ0) is 22.8. The minimum Gasteiger partial charge on any atom is -0.451 e. The van der Waals surface area contributed by atoms with Gasteiger partial charge in [0, 0.05) is 17.5 Å². The van der Waals surface area contributed by atoms with Crippen molar-refractivity contribution in [1.82, 2.24) is 9.78 Å². The summed E-state index contributed by atoms with van der Waals surface area (Å²) in [7, 11) is 0. The molecule has 0 atom stereocenters. The molecule has 162 valence electrons. The van der Waals surface area contributed by atoms with Gasteiger partial charge in [-0.15, -0.1) is 11.3 Å². The Morgan fingerprint density at radius 1 is 1.16 bits per heavy atom. The van der Waals surface area contributed by atoms with Crippen molar-refractivity contribution in [3.05, 3.63) is 80.8 Å². The summed E-state index contributed by atoms with van der Waals surface area (Å²) >= 11 is 1.23. The van der Waals surface area contributed by atoms with Crippen molar-refractivity contribution in [3.63, 3.8) is 0 Å². The maximum Gasteiger partial charge on any atom is 0.348 e. The smallest absolute Gasteiger partial charge is 0.348 e. The van der Waals surface area contributed by atoms with E-state index < -0.39 is 23.4 Å². The van der Waals surface area contributed by atoms with Gasteiger partial charge in [0.2, 0.25) is 0 Å². The number of nitro groups is 1. The molecule has 2 aromatic heterocycles. The second-order valence-corrected chi connectivity index (χ2v) is 8.07. The number of anilines is 1. The van der Waals surface area contributed by atoms with E-state index in [1.165, 1.54) is 29.5 Å². The van der Waals surface area contributed by atoms with Gasteiger partial charge in [-0.05, 0) is 37.6 Å². The number of aromatic nitrogens is 2. The number of fused-ring (bicyclic) bond motifs is 1. The number of nitro benzene ring substituents is 1. The Morgan fingerprint density at radius 2 is 1.91 bits per heavy atom. The van der Waals surface area contributed by atoms with E-state index in [0.29, 0.717) is 16.1 Å². The van der Waals surface area contributed by atoms with Crippen LogP contribution in [0.25, 0.3) is 15.9 Å². The molecule has 0 bridgehead atoms. The number of nitrogens with one attached hydrogen (secondary N) is 1. The fourth-order valence-corrected chi connectivity index (χ4v) is 4.22. The average molecular weight is 450 g/mol. The van der Waals surface area contributed by atoms with E-state index in [1.807, 2.05) is 37.3 Å². The molecule has 0 fully saturated rings. The quantitative estimate of drug-likeness (QED) is 0.264. The van der Waals surface area contributed by atoms with E-state index in [4.69, 9.17) is 4.74 Å². The van der Waals surface area contributed by atoms with Crippen LogP contribution in [0.5, 0.6) is 0 Å². The Bertz CT molecular complexity index is 1340. The van der Waals surface area contributed by atoms with Gasteiger partial charge >= 0.3 is 5.97 Å². The topological polar surface area (TPSA) is 116 Å². The molecule has 2 heterocycles. The van der Waals surface area contributed by atoms with Crippen molar-refractivity contribution in [2.24, 2.45) is 0 Å². The number of para-hydroxylation sites is 1. The Morgan fingerprint density at radius 3 is 2.62 bits per heavy atom. The van der Waals surface area contributed by atoms with E-state index in [-0.39, 0.29) is 5.69 Å². The lowest BCUT2D eigenvalue weighted by Crippen LogP contribution is -2.21. The first kappa shape index (κ1) is 21.2. The zero-order valence-corrected chi connectivity index (χ0v) is 18.0. The first-order chi connectivity index (χ1) is 15.3. The highest BCUT2D eigenvalue weighted by Gasteiger charge is 2.19. The summed E-state index contributed by atoms with van der Waals surface area (Å²) in [5, 5.41) is 18.8. The van der Waals surface area contributed by atoms with E-state index in [0.717, 1.165) is 21.6 Å². The first-order valence-electron chi connectivity index (χ1n) is 9.60. The summed E-state index contributed by atoms with van der Waals surface area (Å²) in [6.45, 7) is 3.05. The summed E-state index contributed by atoms with van der Waals surface area (Å²) in [4.78, 5) is 36.3. The second kappa shape index (κ2) is 8.60. The standard InChI is InChI=1S/C22H18N4O5S/c1-13-8-9-16(26(29)30)10-18(13)23-20(27)12-31-22(28)19-11-17-14(2)24-25(21(17)32-19)15-6-4-3-5-7-15/h3-11H,12H2,1-2H3,(H,23,27). The van der Waals surface area contributed by atoms with Crippen molar-refractivity contribution in [3.8, 4) is 5.69 Å². The molecular formula is C22H18N4O5S. The van der Waals surface area contributed by atoms with Crippen molar-refractivity contribution in [2.45, 2.75) is 13.8 Å². The van der Waals surface area contributed by atoms with Crippen LogP contribution in [0, 0.1) is 24.0 Å². The molecule has 0 spiro atoms. The van der Waals surface area contributed by atoms with Crippen molar-refractivity contribution < 1.29 is 19.2 Å². The lowest BCUT2D eigenvalue weighted by molar-refractivity contribution is -0.384. The molecule has 10 heteroatoms. The number of carbonyl (C=O) groups excluding carboxylic acids is 2. The van der Waals surface area contributed by atoms with Crippen LogP contribution in [-0.4, -0.2) is 33.2 Å². The van der Waals surface area contributed by atoms with Gasteiger partial charge in [0.1, 0.15) is 9.71 Å². The molecule has 32 heavy (non-hydrogen) atoms. The average Bonchev–Trinajstić information content (AvgIpc) is 3.35. The molecule has 0 unspecified atom stereocenters. The molecular weight excluding hydrogens is 432 g/mol. The largest absolute Gasteiger partial charge is 0.451 e. The summed E-state index contributed by atoms with van der Waals surface area (Å²) < 4.78 is 6.93. The number of esters is 1. The van der Waals surface area contributed by atoms with Gasteiger partial charge in [0.05, 0.1) is 22.0 Å². The molecule has 0 aliphatic rings. The number of hydrogen-bond acceptors (Lipinski definition) is 7. The lowest BCUT2D eigenvalue weighted by Gasteiger charge is -2.08. The molecule has 0 saturated carbocycles. The van der Waals surface area contributed by atoms with Crippen LogP contribution in [0.15, 0.2) is 54.6 Å². The van der Waals surface area contributed by atoms with Crippen LogP contribution in [0.1, 0.15) is 20.9 Å². The highest BCUT2D eigenvalue weighted by Crippen LogP contribution is 2.30. The summed E-state index contributed by atoms with van der Waals surface area (Å²) in [6.07, 6.45) is 0. The Balaban J connectivity index is 1.46. The van der Waals surface area contributed by atoms with Crippen LogP contribution >= 0.6 is 11.3 Å². The van der Waals surface area contributed by atoms with Crippen LogP contribution in [0.4, 0.5) is 11.4 Å². The predicted molar refractivity (Wildman–Crippen MR) is 120 cm³/mol. The van der Waals surface area contributed by atoms with Gasteiger partial charge in [0.15, 0.2) is 6.61 Å². The predicted octanol–water partition coefficient (Wildman–Crippen LogP) is 4.41. The van der Waals surface area contributed by atoms with Crippen molar-refractivity contribution in [2.75, 3.05) is 11.9 Å². The second-order valence-electron chi connectivity index (χ2n) is 7.04. The summed E-state index contributed by atoms with van der Waals surface area (Å²) in [5.41, 5.74) is 2.45. The lowest BCUT2D eigenvalue weighted by atomic mass is 10.2. The van der Waals surface area contributed by atoms with Crippen LogP contribution in [-0.2, 0) is 9.53 Å². The minimum atomic E-state index is -0.629. The summed E-state index contributed by atoms with van der Waals surface area (Å²) in [6, 6.07) is 15.4. The number of ether oxygens (including phenoxy) is 1. The third-order valence-electron chi connectivity index (χ3n) is 4.79. The van der Waals surface area contributed by atoms with Gasteiger partial charge < -0.3 is 10.1 Å². The molecule has 0 aliphatic carbocycles. The summed E-state index contributed by atoms with van der Waals surface area (Å²) in [5.74, 6) is -1.22. The fraction of sp³-hybridized carbons (Fsp3) is 0.136. The van der Waals surface area contributed by atoms with Crippen molar-refractivity contribution in [1.29, 1.82) is 0 Å². The van der Waals surface area contributed by atoms with E-state index in [9.17, 15) is 19.7 Å². The number of benzene rings is 2. The minimum absolute atomic E-state index is 0.143. The first-order valence-corrected chi connectivity index (χ1v) is 10.4. The SMILES string of the molecule is Cc1ccc([N+](=O)[O-])cc1NC(=O)COC(=O)c1cc2c(C)nn(-c3ccccc3)c2s1. The molecule has 2 aromatic carbocycles. The third kappa shape index (κ3) is 4.21. The van der Waals surface area contributed by atoms with Gasteiger partial charge in [-0.2, -0.15) is 5.10 Å². The molecule has 0 aliphatic heterocycles. The molecule has 9 nitrogen and oxygen atoms in total. The van der Waals surface area contributed by atoms with Gasteiger partial charge in [-0.25, -0.2) is 9.48 Å². The van der Waals surface area contributed by atoms with Gasteiger partial charge in [-0.3, -0.25) is 14.9 Å². The van der Waals surface area contributed by atoms with E-state index in [1.54, 1.807) is 17.7 Å². The molecule has 1 amide bonds. The Labute approximate surface area is 186 Å². The molecule has 1 N–H and O–H groups in total. The highest BCUT2D eigenvalue weighted by molar-refractivity contribution is 7.20. The van der Waals surface area contributed by atoms with E-state index >= 15 is 0 Å². The molecule has 0 radical (unpaired) electrons. The maximum atomic E-state index is 12.5. The molecule has 4 aromatic rings. The van der Waals surface area contributed by atoms with Gasteiger partial charge in [-0.1, -0.05) is 24.3 Å². The third-order valence-corrected chi connectivity index (χ3v) is 5.88. The number of amides is 1. The Kier molecular flexibility index (Phi) is 5.69. The number of hydrogen-bond donors (Lipinski definition) is 1. The number of nitrogens with zero attached hydrogens (tertiary/aromatic N) is 3. The van der Waals surface area contributed by atoms with Crippen molar-refractivity contribution >= 4 is 44.8 Å². The zero-order valence-electron chi connectivity index (χ0n) is 17.2. The number of carbonyl (C=O) groups is 2. The monoisotopic (exact) mass is 450 g/mol. The van der Waals surface area contributed by atoms with Gasteiger partial charge in [0.25, 0.3) is 11.6 Å². The van der Waals surface area contributed by atoms with Crippen LogP contribution < -0.4 is 5.32 Å². The number of rotatable bonds is 6. The molecule has 0 saturated heterocycles. The van der Waals surface area contributed by atoms with Crippen LogP contribution in [0.2, 0.25) is 0 Å². The fourth-order valence-electron chi connectivity index (χ4n) is 3.14.